The van der Waals surface area contributed by atoms with Gasteiger partial charge in [-0.3, -0.25) is 9.78 Å². The Morgan fingerprint density at radius 1 is 1.64 bits per heavy atom. The van der Waals surface area contributed by atoms with Gasteiger partial charge in [0.1, 0.15) is 21.3 Å². The molecule has 0 aromatic carbocycles. The summed E-state index contributed by atoms with van der Waals surface area (Å²) in [6.07, 6.45) is 1.66. The fourth-order valence-electron chi connectivity index (χ4n) is 1.17. The number of pyridine rings is 1. The van der Waals surface area contributed by atoms with Gasteiger partial charge in [-0.15, -0.1) is 0 Å². The van der Waals surface area contributed by atoms with Gasteiger partial charge in [-0.2, -0.15) is 5.10 Å². The molecule has 0 spiro atoms. The van der Waals surface area contributed by atoms with Gasteiger partial charge >= 0.3 is 5.97 Å². The third-order valence-corrected chi connectivity index (χ3v) is 2.79. The van der Waals surface area contributed by atoms with Gasteiger partial charge in [-0.25, -0.2) is 4.68 Å². The molecule has 5 nitrogen and oxygen atoms in total. The van der Waals surface area contributed by atoms with Crippen molar-refractivity contribution in [3.05, 3.63) is 22.0 Å². The molecule has 1 N–H and O–H groups in total. The molecule has 72 valence electrons. The van der Waals surface area contributed by atoms with Crippen LogP contribution >= 0.6 is 22.6 Å². The third kappa shape index (κ3) is 1.57. The van der Waals surface area contributed by atoms with Crippen LogP contribution in [0.15, 0.2) is 18.3 Å². The van der Waals surface area contributed by atoms with Crippen molar-refractivity contribution in [3.63, 3.8) is 0 Å². The highest BCUT2D eigenvalue weighted by Gasteiger charge is 2.10. The minimum Gasteiger partial charge on any atom is -0.480 e. The van der Waals surface area contributed by atoms with E-state index in [-0.39, 0.29) is 6.54 Å². The molecule has 0 saturated heterocycles. The number of aromatic nitrogens is 3. The van der Waals surface area contributed by atoms with Crippen LogP contribution in [0.3, 0.4) is 0 Å². The van der Waals surface area contributed by atoms with Crippen molar-refractivity contribution in [2.75, 3.05) is 0 Å². The summed E-state index contributed by atoms with van der Waals surface area (Å²) >= 11 is 2.04. The predicted molar refractivity (Wildman–Crippen MR) is 57.9 cm³/mol. The maximum atomic E-state index is 10.5. The van der Waals surface area contributed by atoms with Crippen LogP contribution < -0.4 is 0 Å². The summed E-state index contributed by atoms with van der Waals surface area (Å²) in [4.78, 5) is 14.6. The average molecular weight is 303 g/mol. The van der Waals surface area contributed by atoms with E-state index < -0.39 is 5.97 Å². The van der Waals surface area contributed by atoms with E-state index in [1.165, 1.54) is 4.68 Å². The van der Waals surface area contributed by atoms with E-state index >= 15 is 0 Å². The highest BCUT2D eigenvalue weighted by molar-refractivity contribution is 14.1. The lowest BCUT2D eigenvalue weighted by Crippen LogP contribution is -2.11. The smallest absolute Gasteiger partial charge is 0.325 e. The molecule has 2 aromatic heterocycles. The molecule has 14 heavy (non-hydrogen) atoms. The second-order valence-electron chi connectivity index (χ2n) is 2.71. The minimum atomic E-state index is -0.907. The van der Waals surface area contributed by atoms with Crippen LogP contribution in [0, 0.1) is 3.70 Å². The van der Waals surface area contributed by atoms with E-state index in [1.807, 2.05) is 28.7 Å². The zero-order valence-corrected chi connectivity index (χ0v) is 9.17. The second-order valence-corrected chi connectivity index (χ2v) is 3.74. The van der Waals surface area contributed by atoms with Crippen LogP contribution in [0.4, 0.5) is 0 Å². The molecule has 0 aliphatic heterocycles. The lowest BCUT2D eigenvalue weighted by molar-refractivity contribution is -0.137. The number of carbonyl (C=O) groups is 1. The minimum absolute atomic E-state index is 0.130. The molecular weight excluding hydrogens is 297 g/mol. The van der Waals surface area contributed by atoms with E-state index in [9.17, 15) is 4.79 Å². The van der Waals surface area contributed by atoms with Gasteiger partial charge in [0.15, 0.2) is 0 Å². The monoisotopic (exact) mass is 303 g/mol. The number of hydrogen-bond acceptors (Lipinski definition) is 3. The summed E-state index contributed by atoms with van der Waals surface area (Å²) in [7, 11) is 0. The Balaban J connectivity index is 2.57. The molecule has 0 saturated carbocycles. The molecule has 0 aliphatic carbocycles. The van der Waals surface area contributed by atoms with Crippen LogP contribution in [-0.2, 0) is 11.3 Å². The average Bonchev–Trinajstić information content (AvgIpc) is 2.44. The summed E-state index contributed by atoms with van der Waals surface area (Å²) in [5.74, 6) is -0.907. The zero-order chi connectivity index (χ0) is 10.1. The number of fused-ring (bicyclic) bond motifs is 1. The number of carboxylic acid groups (broad SMARTS) is 1. The van der Waals surface area contributed by atoms with E-state index in [1.54, 1.807) is 12.3 Å². The van der Waals surface area contributed by atoms with E-state index in [0.29, 0.717) is 0 Å². The lowest BCUT2D eigenvalue weighted by atomic mass is 10.4. The van der Waals surface area contributed by atoms with Crippen molar-refractivity contribution in [2.45, 2.75) is 6.54 Å². The Morgan fingerprint density at radius 2 is 2.43 bits per heavy atom. The van der Waals surface area contributed by atoms with Crippen molar-refractivity contribution in [2.24, 2.45) is 0 Å². The van der Waals surface area contributed by atoms with Crippen molar-refractivity contribution >= 4 is 39.6 Å². The summed E-state index contributed by atoms with van der Waals surface area (Å²) < 4.78 is 2.18. The van der Waals surface area contributed by atoms with E-state index in [4.69, 9.17) is 5.11 Å². The van der Waals surface area contributed by atoms with E-state index in [2.05, 4.69) is 10.1 Å². The molecule has 0 aliphatic rings. The van der Waals surface area contributed by atoms with Gasteiger partial charge in [0.25, 0.3) is 0 Å². The lowest BCUT2D eigenvalue weighted by Gasteiger charge is -1.96. The van der Waals surface area contributed by atoms with Crippen molar-refractivity contribution in [1.82, 2.24) is 14.8 Å². The topological polar surface area (TPSA) is 68.0 Å². The number of aliphatic carboxylic acids is 1. The first-order valence-corrected chi connectivity index (χ1v) is 4.95. The van der Waals surface area contributed by atoms with Crippen LogP contribution in [-0.4, -0.2) is 25.8 Å². The standard InChI is InChI=1S/C8H6IN3O2/c9-8-7-5(2-1-3-10-7)11-12(8)4-6(13)14/h1-3H,4H2,(H,13,14). The maximum Gasteiger partial charge on any atom is 0.325 e. The van der Waals surface area contributed by atoms with Gasteiger partial charge in [0.05, 0.1) is 0 Å². The molecule has 2 rings (SSSR count). The Kier molecular flexibility index (Phi) is 2.36. The summed E-state index contributed by atoms with van der Waals surface area (Å²) in [5, 5.41) is 12.8. The van der Waals surface area contributed by atoms with Crippen molar-refractivity contribution in [1.29, 1.82) is 0 Å². The summed E-state index contributed by atoms with van der Waals surface area (Å²) in [5.41, 5.74) is 1.47. The van der Waals surface area contributed by atoms with Crippen molar-refractivity contribution in [3.8, 4) is 0 Å². The highest BCUT2D eigenvalue weighted by Crippen LogP contribution is 2.16. The first-order chi connectivity index (χ1) is 6.68. The van der Waals surface area contributed by atoms with Crippen molar-refractivity contribution < 1.29 is 9.90 Å². The van der Waals surface area contributed by atoms with E-state index in [0.717, 1.165) is 14.7 Å². The molecule has 0 radical (unpaired) electrons. The molecular formula is C8H6IN3O2. The van der Waals surface area contributed by atoms with Crippen LogP contribution in [0.1, 0.15) is 0 Å². The summed E-state index contributed by atoms with van der Waals surface area (Å²) in [6, 6.07) is 3.58. The molecule has 0 amide bonds. The molecule has 0 unspecified atom stereocenters. The molecule has 0 bridgehead atoms. The van der Waals surface area contributed by atoms with Gasteiger partial charge in [-0.05, 0) is 34.7 Å². The fraction of sp³-hybridized carbons (Fsp3) is 0.125. The number of nitrogens with zero attached hydrogens (tertiary/aromatic N) is 3. The largest absolute Gasteiger partial charge is 0.480 e. The molecule has 0 fully saturated rings. The Labute approximate surface area is 92.9 Å². The first-order valence-electron chi connectivity index (χ1n) is 3.87. The summed E-state index contributed by atoms with van der Waals surface area (Å²) in [6.45, 7) is -0.130. The Bertz CT molecular complexity index is 494. The molecule has 2 aromatic rings. The van der Waals surface area contributed by atoms with Crippen LogP contribution in [0.2, 0.25) is 0 Å². The first kappa shape index (κ1) is 9.38. The van der Waals surface area contributed by atoms with Crippen LogP contribution in [0.5, 0.6) is 0 Å². The second kappa shape index (κ2) is 3.52. The number of halogens is 1. The fourth-order valence-corrected chi connectivity index (χ4v) is 1.86. The van der Waals surface area contributed by atoms with Gasteiger partial charge in [0, 0.05) is 6.20 Å². The molecule has 2 heterocycles. The number of hydrogen-bond donors (Lipinski definition) is 1. The Hall–Kier alpha value is -1.18. The quantitative estimate of drug-likeness (QED) is 0.844. The Morgan fingerprint density at radius 3 is 3.07 bits per heavy atom. The SMILES string of the molecule is O=C(O)Cn1nc2cccnc2c1I. The highest BCUT2D eigenvalue weighted by atomic mass is 127. The molecule has 6 heteroatoms. The third-order valence-electron chi connectivity index (χ3n) is 1.72. The molecule has 0 atom stereocenters. The normalized spacial score (nSPS) is 10.6. The number of rotatable bonds is 2. The van der Waals surface area contributed by atoms with Crippen LogP contribution in [0.25, 0.3) is 11.0 Å². The van der Waals surface area contributed by atoms with Gasteiger partial charge in [0.2, 0.25) is 0 Å². The van der Waals surface area contributed by atoms with Gasteiger partial charge < -0.3 is 5.11 Å². The zero-order valence-electron chi connectivity index (χ0n) is 7.01. The number of carboxylic acids is 1. The van der Waals surface area contributed by atoms with Gasteiger partial charge in [-0.1, -0.05) is 0 Å². The maximum absolute atomic E-state index is 10.5. The predicted octanol–water partition coefficient (Wildman–Crippen LogP) is 1.12.